The molecule has 4 N–H and O–H groups in total. The third-order valence-corrected chi connectivity index (χ3v) is 7.78. The average Bonchev–Trinajstić information content (AvgIpc) is 3.38. The van der Waals surface area contributed by atoms with Gasteiger partial charge in [0.15, 0.2) is 0 Å². The number of aromatic nitrogens is 5. The zero-order valence-electron chi connectivity index (χ0n) is 27.7. The van der Waals surface area contributed by atoms with Crippen LogP contribution in [0.25, 0.3) is 27.8 Å². The monoisotopic (exact) mass is 664 g/mol. The van der Waals surface area contributed by atoms with Gasteiger partial charge in [0.05, 0.1) is 23.1 Å². The molecule has 0 saturated carbocycles. The highest BCUT2D eigenvalue weighted by atomic mass is 16.6. The van der Waals surface area contributed by atoms with Crippen LogP contribution in [0.5, 0.6) is 0 Å². The van der Waals surface area contributed by atoms with E-state index >= 15 is 0 Å². The highest BCUT2D eigenvalue weighted by Crippen LogP contribution is 2.33. The van der Waals surface area contributed by atoms with Gasteiger partial charge in [0.2, 0.25) is 0 Å². The summed E-state index contributed by atoms with van der Waals surface area (Å²) in [6.07, 6.45) is 4.06. The van der Waals surface area contributed by atoms with Gasteiger partial charge in [0.25, 0.3) is 17.4 Å². The number of imide groups is 1. The van der Waals surface area contributed by atoms with Crippen LogP contribution in [0.15, 0.2) is 72.0 Å². The Morgan fingerprint density at radius 1 is 1.00 bits per heavy atom. The van der Waals surface area contributed by atoms with E-state index in [0.29, 0.717) is 33.5 Å². The molecule has 0 atom stereocenters. The number of anilines is 2. The number of fused-ring (bicyclic) bond motifs is 2. The van der Waals surface area contributed by atoms with Crippen LogP contribution in [0.1, 0.15) is 61.0 Å². The Hall–Kier alpha value is -5.89. The number of hydrogen-bond donors (Lipinski definition) is 3. The summed E-state index contributed by atoms with van der Waals surface area (Å²) < 4.78 is 8.56. The summed E-state index contributed by atoms with van der Waals surface area (Å²) in [4.78, 5) is 68.0. The maximum Gasteiger partial charge on any atom is 0.417 e. The number of para-hydroxylation sites is 1. The Morgan fingerprint density at radius 2 is 1.73 bits per heavy atom. The Kier molecular flexibility index (Phi) is 8.28. The number of nitrogens with zero attached hydrogens (tertiary/aromatic N) is 6. The van der Waals surface area contributed by atoms with Crippen LogP contribution in [0.2, 0.25) is 0 Å². The number of nitrogens with one attached hydrogen (secondary N) is 1. The van der Waals surface area contributed by atoms with Crippen LogP contribution in [-0.2, 0) is 17.7 Å². The van der Waals surface area contributed by atoms with Crippen molar-refractivity contribution in [3.63, 3.8) is 0 Å². The quantitative estimate of drug-likeness (QED) is 0.238. The minimum absolute atomic E-state index is 0.00301. The van der Waals surface area contributed by atoms with Gasteiger partial charge in [-0.25, -0.2) is 24.6 Å². The van der Waals surface area contributed by atoms with Gasteiger partial charge >= 0.3 is 6.09 Å². The maximum atomic E-state index is 13.9. The fourth-order valence-electron chi connectivity index (χ4n) is 5.77. The van der Waals surface area contributed by atoms with E-state index in [1.807, 2.05) is 0 Å². The van der Waals surface area contributed by atoms with Gasteiger partial charge in [-0.15, -0.1) is 0 Å². The van der Waals surface area contributed by atoms with Crippen molar-refractivity contribution < 1.29 is 24.2 Å². The molecule has 49 heavy (non-hydrogen) atoms. The van der Waals surface area contributed by atoms with E-state index in [-0.39, 0.29) is 42.3 Å². The number of benzene rings is 1. The molecule has 0 saturated heterocycles. The number of nitrogen functional groups attached to an aromatic ring is 1. The second-order valence-electron chi connectivity index (χ2n) is 13.4. The highest BCUT2D eigenvalue weighted by Gasteiger charge is 2.36. The van der Waals surface area contributed by atoms with E-state index in [1.54, 1.807) is 87.8 Å². The number of ether oxygens (including phenoxy) is 1. The first-order valence-electron chi connectivity index (χ1n) is 15.6. The second-order valence-corrected chi connectivity index (χ2v) is 13.4. The minimum atomic E-state index is -1.02. The Morgan fingerprint density at radius 3 is 2.39 bits per heavy atom. The number of hydrogen-bond acceptors (Lipinski definition) is 10. The van der Waals surface area contributed by atoms with Crippen molar-refractivity contribution in [1.29, 1.82) is 0 Å². The molecule has 0 aliphatic carbocycles. The van der Waals surface area contributed by atoms with Gasteiger partial charge in [0, 0.05) is 47.9 Å². The van der Waals surface area contributed by atoms with E-state index in [4.69, 9.17) is 10.5 Å². The molecule has 14 heteroatoms. The largest absolute Gasteiger partial charge is 0.443 e. The number of carbonyl (C=O) groups is 3. The van der Waals surface area contributed by atoms with Crippen molar-refractivity contribution in [3.05, 3.63) is 94.4 Å². The lowest BCUT2D eigenvalue weighted by molar-refractivity contribution is 0.0231. The number of carbonyl (C=O) groups excluding carboxylic acids is 3. The molecular weight excluding hydrogens is 628 g/mol. The van der Waals surface area contributed by atoms with Crippen LogP contribution in [0, 0.1) is 0 Å². The van der Waals surface area contributed by atoms with Gasteiger partial charge in [-0.05, 0) is 65.0 Å². The smallest absolute Gasteiger partial charge is 0.417 e. The SMILES string of the molecule is CC(C)(O)Cn1cc(-c2ccc(NC(=O)c3cc4c(n(-c5ccccc5)c3=O)CCN(C(=O)OC(C)(C)C)C4=O)nc2)c2c(N)ncnc21. The van der Waals surface area contributed by atoms with Crippen LogP contribution < -0.4 is 16.6 Å². The van der Waals surface area contributed by atoms with Gasteiger partial charge in [-0.3, -0.25) is 19.0 Å². The molecule has 6 rings (SSSR count). The highest BCUT2D eigenvalue weighted by molar-refractivity contribution is 6.09. The first kappa shape index (κ1) is 33.0. The van der Waals surface area contributed by atoms with Gasteiger partial charge in [-0.1, -0.05) is 18.2 Å². The molecule has 0 unspecified atom stereocenters. The maximum absolute atomic E-state index is 13.9. The Labute approximate surface area is 281 Å². The molecule has 0 radical (unpaired) electrons. The van der Waals surface area contributed by atoms with E-state index in [0.717, 1.165) is 4.90 Å². The summed E-state index contributed by atoms with van der Waals surface area (Å²) in [5.41, 5.74) is 6.17. The topological polar surface area (TPSA) is 188 Å². The molecule has 0 spiro atoms. The Bertz CT molecular complexity index is 2160. The summed E-state index contributed by atoms with van der Waals surface area (Å²) in [5, 5.41) is 13.7. The fourth-order valence-corrected chi connectivity index (χ4v) is 5.77. The number of amides is 3. The number of nitrogens with two attached hydrogens (primary N) is 1. The molecule has 1 aliphatic heterocycles. The fraction of sp³-hybridized carbons (Fsp3) is 0.286. The van der Waals surface area contributed by atoms with Crippen LogP contribution in [0.3, 0.4) is 0 Å². The normalized spacial score (nSPS) is 13.3. The lowest BCUT2D eigenvalue weighted by Crippen LogP contribution is -2.47. The molecule has 3 amide bonds. The number of pyridine rings is 2. The molecule has 252 valence electrons. The van der Waals surface area contributed by atoms with E-state index in [9.17, 15) is 24.3 Å². The van der Waals surface area contributed by atoms with E-state index < -0.39 is 34.7 Å². The molecule has 1 aliphatic rings. The molecule has 14 nitrogen and oxygen atoms in total. The van der Waals surface area contributed by atoms with Crippen molar-refractivity contribution in [1.82, 2.24) is 29.0 Å². The first-order valence-corrected chi connectivity index (χ1v) is 15.6. The molecule has 1 aromatic carbocycles. The standard InChI is InChI=1S/C35H36N8O6/c1-34(2,3)49-33(47)42-14-13-25-22(31(42)45)15-23(32(46)43(25)21-9-7-6-8-10-21)30(44)40-26-12-11-20(16-37-26)24-17-41(18-35(4,5)48)29-27(24)28(36)38-19-39-29/h6-12,15-17,19,48H,13-14,18H2,1-5H3,(H2,36,38,39)(H,37,40,44). The van der Waals surface area contributed by atoms with Crippen molar-refractivity contribution in [3.8, 4) is 16.8 Å². The van der Waals surface area contributed by atoms with Gasteiger partial charge < -0.3 is 25.5 Å². The lowest BCUT2D eigenvalue weighted by Gasteiger charge is -2.31. The summed E-state index contributed by atoms with van der Waals surface area (Å²) in [7, 11) is 0. The molecule has 0 fully saturated rings. The van der Waals surface area contributed by atoms with Crippen molar-refractivity contribution in [2.75, 3.05) is 17.6 Å². The van der Waals surface area contributed by atoms with Crippen LogP contribution >= 0.6 is 0 Å². The van der Waals surface area contributed by atoms with Gasteiger partial charge in [-0.2, -0.15) is 0 Å². The molecule has 5 heterocycles. The number of aliphatic hydroxyl groups is 1. The first-order chi connectivity index (χ1) is 23.1. The zero-order valence-corrected chi connectivity index (χ0v) is 27.7. The minimum Gasteiger partial charge on any atom is -0.443 e. The van der Waals surface area contributed by atoms with Crippen LogP contribution in [-0.4, -0.2) is 69.7 Å². The zero-order chi connectivity index (χ0) is 35.2. The average molecular weight is 665 g/mol. The summed E-state index contributed by atoms with van der Waals surface area (Å²) in [5.74, 6) is -1.07. The van der Waals surface area contributed by atoms with E-state index in [1.165, 1.54) is 23.2 Å². The van der Waals surface area contributed by atoms with Crippen molar-refractivity contribution in [2.45, 2.75) is 58.8 Å². The molecule has 0 bridgehead atoms. The van der Waals surface area contributed by atoms with Crippen molar-refractivity contribution >= 4 is 40.6 Å². The molecule has 5 aromatic rings. The predicted molar refractivity (Wildman–Crippen MR) is 182 cm³/mol. The van der Waals surface area contributed by atoms with Gasteiger partial charge in [0.1, 0.15) is 34.8 Å². The van der Waals surface area contributed by atoms with Crippen molar-refractivity contribution in [2.24, 2.45) is 0 Å². The number of rotatable bonds is 6. The van der Waals surface area contributed by atoms with E-state index in [2.05, 4.69) is 20.3 Å². The molecule has 4 aromatic heterocycles. The third-order valence-electron chi connectivity index (χ3n) is 7.78. The summed E-state index contributed by atoms with van der Waals surface area (Å²) >= 11 is 0. The summed E-state index contributed by atoms with van der Waals surface area (Å²) in [6, 6.07) is 13.2. The molecular formula is C35H36N8O6. The second kappa shape index (κ2) is 12.3. The predicted octanol–water partition coefficient (Wildman–Crippen LogP) is 4.18. The Balaban J connectivity index is 1.35. The summed E-state index contributed by atoms with van der Waals surface area (Å²) in [6.45, 7) is 8.72. The lowest BCUT2D eigenvalue weighted by atomic mass is 10.0. The van der Waals surface area contributed by atoms with Crippen LogP contribution in [0.4, 0.5) is 16.4 Å². The third kappa shape index (κ3) is 6.63.